The fourth-order valence-corrected chi connectivity index (χ4v) is 1.14. The van der Waals surface area contributed by atoms with Crippen molar-refractivity contribution in [1.82, 2.24) is 0 Å². The lowest BCUT2D eigenvalue weighted by atomic mass is 10.1. The second-order valence-corrected chi connectivity index (χ2v) is 4.42. The molecule has 1 aromatic carbocycles. The second-order valence-electron chi connectivity index (χ2n) is 4.42. The third-order valence-corrected chi connectivity index (χ3v) is 2.16. The average Bonchev–Trinajstić information content (AvgIpc) is 2.36. The molecule has 0 fully saturated rings. The summed E-state index contributed by atoms with van der Waals surface area (Å²) in [5.74, 6) is -0.190. The highest BCUT2D eigenvalue weighted by Crippen LogP contribution is 2.02. The molecule has 0 spiro atoms. The van der Waals surface area contributed by atoms with Crippen LogP contribution in [0.2, 0.25) is 0 Å². The van der Waals surface area contributed by atoms with Gasteiger partial charge < -0.3 is 15.6 Å². The van der Waals surface area contributed by atoms with E-state index in [0.29, 0.717) is 12.3 Å². The number of rotatable bonds is 5. The van der Waals surface area contributed by atoms with Crippen LogP contribution in [0.1, 0.15) is 32.3 Å². The molecule has 0 aliphatic carbocycles. The van der Waals surface area contributed by atoms with Crippen molar-refractivity contribution in [3.63, 3.8) is 0 Å². The summed E-state index contributed by atoms with van der Waals surface area (Å²) in [6.45, 7) is 4.28. The zero-order valence-electron chi connectivity index (χ0n) is 11.3. The van der Waals surface area contributed by atoms with Gasteiger partial charge in [-0.3, -0.25) is 4.79 Å². The van der Waals surface area contributed by atoms with E-state index in [1.807, 2.05) is 44.2 Å². The van der Waals surface area contributed by atoms with E-state index in [1.54, 1.807) is 0 Å². The lowest BCUT2D eigenvalue weighted by Gasteiger charge is -1.99. The van der Waals surface area contributed by atoms with Gasteiger partial charge in [-0.05, 0) is 17.9 Å². The molecule has 0 aromatic heterocycles. The molecule has 5 nitrogen and oxygen atoms in total. The van der Waals surface area contributed by atoms with Crippen LogP contribution in [0.3, 0.4) is 0 Å². The minimum atomic E-state index is -0.742. The molecule has 1 amide bonds. The van der Waals surface area contributed by atoms with Gasteiger partial charge in [0.2, 0.25) is 0 Å². The van der Waals surface area contributed by atoms with E-state index in [-0.39, 0.29) is 6.61 Å². The topological polar surface area (TPSA) is 89.6 Å². The first-order valence-corrected chi connectivity index (χ1v) is 6.09. The Morgan fingerprint density at radius 2 is 1.84 bits per heavy atom. The van der Waals surface area contributed by atoms with Crippen LogP contribution in [-0.4, -0.2) is 17.2 Å². The number of carboxylic acids is 1. The predicted molar refractivity (Wildman–Crippen MR) is 72.5 cm³/mol. The van der Waals surface area contributed by atoms with Gasteiger partial charge in [-0.2, -0.15) is 0 Å². The number of primary amides is 1. The first-order valence-electron chi connectivity index (χ1n) is 6.09. The van der Waals surface area contributed by atoms with Gasteiger partial charge in [0.25, 0.3) is 0 Å². The van der Waals surface area contributed by atoms with E-state index in [0.717, 1.165) is 12.0 Å². The zero-order chi connectivity index (χ0) is 14.7. The van der Waals surface area contributed by atoms with Crippen LogP contribution in [0.4, 0.5) is 4.79 Å². The molecule has 0 saturated heterocycles. The first kappa shape index (κ1) is 17.0. The van der Waals surface area contributed by atoms with Crippen LogP contribution in [-0.2, 0) is 16.1 Å². The van der Waals surface area contributed by atoms with Crippen LogP contribution >= 0.6 is 0 Å². The Kier molecular flexibility index (Phi) is 8.87. The molecule has 3 N–H and O–H groups in total. The molecule has 0 heterocycles. The summed E-state index contributed by atoms with van der Waals surface area (Å²) in [5, 5.41) is 8.16. The van der Waals surface area contributed by atoms with Gasteiger partial charge in [-0.15, -0.1) is 0 Å². The van der Waals surface area contributed by atoms with Crippen LogP contribution in [0.15, 0.2) is 30.3 Å². The van der Waals surface area contributed by atoms with Gasteiger partial charge in [0.1, 0.15) is 6.61 Å². The molecule has 0 atom stereocenters. The molecule has 1 rings (SSSR count). The second kappa shape index (κ2) is 9.94. The minimum Gasteiger partial charge on any atom is -0.481 e. The third kappa shape index (κ3) is 12.2. The number of aliphatic carboxylic acids is 1. The van der Waals surface area contributed by atoms with Gasteiger partial charge in [-0.1, -0.05) is 44.2 Å². The van der Waals surface area contributed by atoms with Crippen LogP contribution < -0.4 is 5.73 Å². The van der Waals surface area contributed by atoms with Gasteiger partial charge in [-0.25, -0.2) is 4.79 Å². The van der Waals surface area contributed by atoms with Crippen molar-refractivity contribution in [1.29, 1.82) is 0 Å². The van der Waals surface area contributed by atoms with E-state index in [4.69, 9.17) is 10.8 Å². The van der Waals surface area contributed by atoms with Crippen molar-refractivity contribution >= 4 is 12.1 Å². The highest BCUT2D eigenvalue weighted by Gasteiger charge is 1.98. The molecule has 0 aliphatic heterocycles. The minimum absolute atomic E-state index is 0.246. The molecule has 0 aliphatic rings. The standard InChI is InChI=1S/C8H9NO2.C6H12O2/c9-8(10)11-6-7-4-2-1-3-5-7;1-5(2)3-4-6(7)8/h1-5H,6H2,(H2,9,10);5H,3-4H2,1-2H3,(H,7,8). The van der Waals surface area contributed by atoms with Crippen molar-refractivity contribution in [2.45, 2.75) is 33.3 Å². The molecule has 0 saturated carbocycles. The fourth-order valence-electron chi connectivity index (χ4n) is 1.14. The number of carboxylic acid groups (broad SMARTS) is 1. The molecule has 0 radical (unpaired) electrons. The molecule has 0 bridgehead atoms. The summed E-state index contributed by atoms with van der Waals surface area (Å²) in [7, 11) is 0. The highest BCUT2D eigenvalue weighted by molar-refractivity contribution is 5.66. The van der Waals surface area contributed by atoms with Crippen molar-refractivity contribution < 1.29 is 19.4 Å². The Balaban J connectivity index is 0.000000362. The Bertz CT molecular complexity index is 376. The van der Waals surface area contributed by atoms with Crippen molar-refractivity contribution in [3.8, 4) is 0 Å². The molecule has 106 valence electrons. The lowest BCUT2D eigenvalue weighted by molar-refractivity contribution is -0.137. The van der Waals surface area contributed by atoms with Crippen molar-refractivity contribution in [2.24, 2.45) is 11.7 Å². The Hall–Kier alpha value is -2.04. The highest BCUT2D eigenvalue weighted by atomic mass is 16.5. The van der Waals surface area contributed by atoms with E-state index in [2.05, 4.69) is 4.74 Å². The summed E-state index contributed by atoms with van der Waals surface area (Å²) in [5.41, 5.74) is 5.72. The fraction of sp³-hybridized carbons (Fsp3) is 0.429. The maximum Gasteiger partial charge on any atom is 0.404 e. The van der Waals surface area contributed by atoms with Crippen LogP contribution in [0.5, 0.6) is 0 Å². The SMILES string of the molecule is CC(C)CCC(=O)O.NC(=O)OCc1ccccc1. The molecular formula is C14H21NO4. The van der Waals surface area contributed by atoms with Crippen molar-refractivity contribution in [3.05, 3.63) is 35.9 Å². The number of benzene rings is 1. The number of carbonyl (C=O) groups excluding carboxylic acids is 1. The summed E-state index contributed by atoms with van der Waals surface area (Å²) < 4.78 is 4.57. The summed E-state index contributed by atoms with van der Waals surface area (Å²) in [6.07, 6.45) is 0.348. The number of ether oxygens (including phenoxy) is 1. The largest absolute Gasteiger partial charge is 0.481 e. The Morgan fingerprint density at radius 3 is 2.21 bits per heavy atom. The predicted octanol–water partition coefficient (Wildman–Crippen LogP) is 2.79. The zero-order valence-corrected chi connectivity index (χ0v) is 11.3. The summed E-state index contributed by atoms with van der Waals surface area (Å²) in [4.78, 5) is 20.1. The Labute approximate surface area is 113 Å². The maximum atomic E-state index is 10.2. The molecule has 19 heavy (non-hydrogen) atoms. The lowest BCUT2D eigenvalue weighted by Crippen LogP contribution is -2.12. The van der Waals surface area contributed by atoms with Crippen LogP contribution in [0, 0.1) is 5.92 Å². The number of amides is 1. The van der Waals surface area contributed by atoms with Gasteiger partial charge in [0.05, 0.1) is 0 Å². The number of hydrogen-bond donors (Lipinski definition) is 2. The van der Waals surface area contributed by atoms with E-state index < -0.39 is 12.1 Å². The molecule has 1 aromatic rings. The monoisotopic (exact) mass is 267 g/mol. The molecule has 0 unspecified atom stereocenters. The maximum absolute atomic E-state index is 10.2. The number of hydrogen-bond acceptors (Lipinski definition) is 3. The third-order valence-electron chi connectivity index (χ3n) is 2.16. The normalized spacial score (nSPS) is 9.42. The summed E-state index contributed by atoms with van der Waals surface area (Å²) >= 11 is 0. The van der Waals surface area contributed by atoms with Gasteiger partial charge >= 0.3 is 12.1 Å². The van der Waals surface area contributed by atoms with Crippen molar-refractivity contribution in [2.75, 3.05) is 0 Å². The first-order chi connectivity index (χ1) is 8.91. The van der Waals surface area contributed by atoms with Crippen LogP contribution in [0.25, 0.3) is 0 Å². The van der Waals surface area contributed by atoms with E-state index in [1.165, 1.54) is 0 Å². The smallest absolute Gasteiger partial charge is 0.404 e. The Morgan fingerprint density at radius 1 is 1.26 bits per heavy atom. The van der Waals surface area contributed by atoms with E-state index >= 15 is 0 Å². The number of nitrogens with two attached hydrogens (primary N) is 1. The molecular weight excluding hydrogens is 246 g/mol. The average molecular weight is 267 g/mol. The number of carbonyl (C=O) groups is 2. The molecule has 5 heteroatoms. The summed E-state index contributed by atoms with van der Waals surface area (Å²) in [6, 6.07) is 9.37. The van der Waals surface area contributed by atoms with E-state index in [9.17, 15) is 9.59 Å². The van der Waals surface area contributed by atoms with Gasteiger partial charge in [0, 0.05) is 6.42 Å². The quantitative estimate of drug-likeness (QED) is 0.858. The van der Waals surface area contributed by atoms with Gasteiger partial charge in [0.15, 0.2) is 0 Å².